The SMILES string of the molecule is CCC(CC)=NNC(=S)SC. The van der Waals surface area contributed by atoms with Crippen LogP contribution in [0.25, 0.3) is 0 Å². The number of rotatable bonds is 3. The summed E-state index contributed by atoms with van der Waals surface area (Å²) >= 11 is 6.42. The van der Waals surface area contributed by atoms with E-state index in [4.69, 9.17) is 12.2 Å². The zero-order chi connectivity index (χ0) is 8.69. The lowest BCUT2D eigenvalue weighted by atomic mass is 10.2. The summed E-state index contributed by atoms with van der Waals surface area (Å²) in [5.74, 6) is 0. The monoisotopic (exact) mass is 190 g/mol. The van der Waals surface area contributed by atoms with E-state index in [9.17, 15) is 0 Å². The van der Waals surface area contributed by atoms with Gasteiger partial charge < -0.3 is 0 Å². The second kappa shape index (κ2) is 6.61. The highest BCUT2D eigenvalue weighted by molar-refractivity contribution is 8.22. The van der Waals surface area contributed by atoms with Crippen molar-refractivity contribution in [2.75, 3.05) is 6.26 Å². The van der Waals surface area contributed by atoms with E-state index < -0.39 is 0 Å². The van der Waals surface area contributed by atoms with Gasteiger partial charge in [0, 0.05) is 5.71 Å². The molecule has 0 fully saturated rings. The third-order valence-corrected chi connectivity index (χ3v) is 2.36. The van der Waals surface area contributed by atoms with Gasteiger partial charge in [0.15, 0.2) is 4.32 Å². The van der Waals surface area contributed by atoms with Crippen molar-refractivity contribution in [3.8, 4) is 0 Å². The van der Waals surface area contributed by atoms with E-state index in [1.165, 1.54) is 11.8 Å². The van der Waals surface area contributed by atoms with Crippen LogP contribution in [0.2, 0.25) is 0 Å². The molecule has 0 aliphatic rings. The quantitative estimate of drug-likeness (QED) is 0.420. The van der Waals surface area contributed by atoms with E-state index in [0.717, 1.165) is 22.9 Å². The number of hydrazone groups is 1. The molecule has 64 valence electrons. The lowest BCUT2D eigenvalue weighted by molar-refractivity contribution is 1.01. The Bertz CT molecular complexity index is 149. The van der Waals surface area contributed by atoms with Crippen molar-refractivity contribution in [3.05, 3.63) is 0 Å². The largest absolute Gasteiger partial charge is 0.262 e. The molecular weight excluding hydrogens is 176 g/mol. The van der Waals surface area contributed by atoms with Crippen LogP contribution in [0.3, 0.4) is 0 Å². The Morgan fingerprint density at radius 1 is 1.45 bits per heavy atom. The first-order valence-electron chi connectivity index (χ1n) is 3.64. The second-order valence-electron chi connectivity index (χ2n) is 1.99. The van der Waals surface area contributed by atoms with Crippen molar-refractivity contribution in [1.82, 2.24) is 5.43 Å². The van der Waals surface area contributed by atoms with Crippen LogP contribution in [0.1, 0.15) is 26.7 Å². The summed E-state index contributed by atoms with van der Waals surface area (Å²) in [6.45, 7) is 4.18. The normalized spacial score (nSPS) is 9.00. The lowest BCUT2D eigenvalue weighted by Crippen LogP contribution is -2.13. The molecule has 11 heavy (non-hydrogen) atoms. The van der Waals surface area contributed by atoms with Crippen molar-refractivity contribution in [2.24, 2.45) is 5.10 Å². The predicted molar refractivity (Wildman–Crippen MR) is 57.3 cm³/mol. The van der Waals surface area contributed by atoms with Gasteiger partial charge in [0.1, 0.15) is 0 Å². The summed E-state index contributed by atoms with van der Waals surface area (Å²) in [7, 11) is 0. The van der Waals surface area contributed by atoms with Gasteiger partial charge in [-0.15, -0.1) is 0 Å². The molecule has 1 N–H and O–H groups in total. The summed E-state index contributed by atoms with van der Waals surface area (Å²) in [6, 6.07) is 0. The van der Waals surface area contributed by atoms with E-state index in [1.807, 2.05) is 6.26 Å². The highest BCUT2D eigenvalue weighted by Crippen LogP contribution is 1.95. The molecule has 0 aromatic rings. The molecule has 0 aliphatic carbocycles. The fraction of sp³-hybridized carbons (Fsp3) is 0.714. The van der Waals surface area contributed by atoms with Gasteiger partial charge in [0.05, 0.1) is 0 Å². The second-order valence-corrected chi connectivity index (χ2v) is 3.47. The Labute approximate surface area is 77.8 Å². The van der Waals surface area contributed by atoms with Crippen molar-refractivity contribution in [3.63, 3.8) is 0 Å². The highest BCUT2D eigenvalue weighted by Gasteiger charge is 1.92. The maximum Gasteiger partial charge on any atom is 0.153 e. The number of hydrogen-bond acceptors (Lipinski definition) is 3. The fourth-order valence-electron chi connectivity index (χ4n) is 0.578. The molecule has 4 heteroatoms. The zero-order valence-electron chi connectivity index (χ0n) is 7.18. The number of thioether (sulfide) groups is 1. The third-order valence-electron chi connectivity index (χ3n) is 1.31. The first-order chi connectivity index (χ1) is 5.24. The Kier molecular flexibility index (Phi) is 6.56. The molecule has 0 aromatic heterocycles. The number of hydrogen-bond donors (Lipinski definition) is 1. The van der Waals surface area contributed by atoms with Gasteiger partial charge in [0.2, 0.25) is 0 Å². The van der Waals surface area contributed by atoms with Gasteiger partial charge in [-0.05, 0) is 19.1 Å². The molecular formula is C7H14N2S2. The summed E-state index contributed by atoms with van der Waals surface area (Å²) in [4.78, 5) is 0. The molecule has 0 rings (SSSR count). The number of thiocarbonyl (C=S) groups is 1. The van der Waals surface area contributed by atoms with Gasteiger partial charge >= 0.3 is 0 Å². The fourth-order valence-corrected chi connectivity index (χ4v) is 0.761. The Morgan fingerprint density at radius 3 is 2.36 bits per heavy atom. The minimum Gasteiger partial charge on any atom is -0.262 e. The molecule has 0 spiro atoms. The summed E-state index contributed by atoms with van der Waals surface area (Å²) in [6.07, 6.45) is 3.91. The van der Waals surface area contributed by atoms with E-state index in [0.29, 0.717) is 0 Å². The molecule has 0 heterocycles. The van der Waals surface area contributed by atoms with Crippen LogP contribution in [-0.2, 0) is 0 Å². The topological polar surface area (TPSA) is 24.4 Å². The Morgan fingerprint density at radius 2 is 2.00 bits per heavy atom. The number of nitrogens with zero attached hydrogens (tertiary/aromatic N) is 1. The molecule has 0 aliphatic heterocycles. The third kappa shape index (κ3) is 5.21. The molecule has 0 saturated heterocycles. The molecule has 0 bridgehead atoms. The number of nitrogens with one attached hydrogen (secondary N) is 1. The smallest absolute Gasteiger partial charge is 0.153 e. The first-order valence-corrected chi connectivity index (χ1v) is 5.27. The van der Waals surface area contributed by atoms with Crippen molar-refractivity contribution in [1.29, 1.82) is 0 Å². The van der Waals surface area contributed by atoms with Gasteiger partial charge in [-0.3, -0.25) is 5.43 Å². The maximum absolute atomic E-state index is 4.91. The van der Waals surface area contributed by atoms with Crippen LogP contribution in [0.5, 0.6) is 0 Å². The molecule has 0 saturated carbocycles. The van der Waals surface area contributed by atoms with Gasteiger partial charge in [-0.25, -0.2) is 0 Å². The van der Waals surface area contributed by atoms with Crippen LogP contribution in [0.4, 0.5) is 0 Å². The van der Waals surface area contributed by atoms with Crippen LogP contribution < -0.4 is 5.43 Å². The van der Waals surface area contributed by atoms with Crippen LogP contribution in [0.15, 0.2) is 5.10 Å². The minimum atomic E-state index is 0.726. The van der Waals surface area contributed by atoms with Crippen LogP contribution >= 0.6 is 24.0 Å². The molecule has 0 amide bonds. The Hall–Kier alpha value is -0.0900. The molecule has 0 radical (unpaired) electrons. The van der Waals surface area contributed by atoms with Crippen LogP contribution in [-0.4, -0.2) is 16.3 Å². The van der Waals surface area contributed by atoms with E-state index >= 15 is 0 Å². The van der Waals surface area contributed by atoms with Crippen molar-refractivity contribution >= 4 is 34.0 Å². The molecule has 0 atom stereocenters. The Balaban J connectivity index is 3.78. The first kappa shape index (κ1) is 10.9. The van der Waals surface area contributed by atoms with E-state index in [-0.39, 0.29) is 0 Å². The van der Waals surface area contributed by atoms with E-state index in [2.05, 4.69) is 24.4 Å². The van der Waals surface area contributed by atoms with E-state index in [1.54, 1.807) is 0 Å². The average molecular weight is 190 g/mol. The summed E-state index contributed by atoms with van der Waals surface area (Å²) in [5, 5.41) is 4.14. The average Bonchev–Trinajstić information content (AvgIpc) is 2.06. The molecule has 0 aromatic carbocycles. The molecule has 2 nitrogen and oxygen atoms in total. The summed E-state index contributed by atoms with van der Waals surface area (Å²) < 4.78 is 0.726. The van der Waals surface area contributed by atoms with Gasteiger partial charge in [-0.2, -0.15) is 5.10 Å². The van der Waals surface area contributed by atoms with Crippen LogP contribution in [0, 0.1) is 0 Å². The predicted octanol–water partition coefficient (Wildman–Crippen LogP) is 2.40. The highest BCUT2D eigenvalue weighted by atomic mass is 32.2. The standard InChI is InChI=1S/C7H14N2S2/c1-4-6(5-2)8-9-7(10)11-3/h4-5H2,1-3H3,(H,9,10). The summed E-state index contributed by atoms with van der Waals surface area (Å²) in [5.41, 5.74) is 3.97. The molecule has 0 unspecified atom stereocenters. The minimum absolute atomic E-state index is 0.726. The maximum atomic E-state index is 4.91. The van der Waals surface area contributed by atoms with Gasteiger partial charge in [0.25, 0.3) is 0 Å². The lowest BCUT2D eigenvalue weighted by Gasteiger charge is -2.01. The van der Waals surface area contributed by atoms with Gasteiger partial charge in [-0.1, -0.05) is 37.8 Å². The zero-order valence-corrected chi connectivity index (χ0v) is 8.81. The van der Waals surface area contributed by atoms with Crippen molar-refractivity contribution < 1.29 is 0 Å². The van der Waals surface area contributed by atoms with Crippen molar-refractivity contribution in [2.45, 2.75) is 26.7 Å².